The molecule has 128 valence electrons. The maximum Gasteiger partial charge on any atom is 0.185 e. The Kier molecular flexibility index (Phi) is 4.82. The van der Waals surface area contributed by atoms with Gasteiger partial charge in [0, 0.05) is 62.3 Å². The van der Waals surface area contributed by atoms with Crippen molar-refractivity contribution in [3.63, 3.8) is 0 Å². The summed E-state index contributed by atoms with van der Waals surface area (Å²) in [6.07, 6.45) is 2.07. The Morgan fingerprint density at radius 1 is 1.17 bits per heavy atom. The summed E-state index contributed by atoms with van der Waals surface area (Å²) in [4.78, 5) is 13.4. The second-order valence-electron chi connectivity index (χ2n) is 6.90. The molecule has 0 aromatic carbocycles. The number of hydrogen-bond acceptors (Lipinski definition) is 7. The zero-order chi connectivity index (χ0) is 15.6. The molecule has 0 amide bonds. The first-order chi connectivity index (χ1) is 11.3. The fourth-order valence-electron chi connectivity index (χ4n) is 3.77. The van der Waals surface area contributed by atoms with Gasteiger partial charge in [0.15, 0.2) is 5.13 Å². The Balaban J connectivity index is 1.41. The molecule has 0 N–H and O–H groups in total. The third-order valence-electron chi connectivity index (χ3n) is 5.02. The first-order valence-corrected chi connectivity index (χ1v) is 9.37. The van der Waals surface area contributed by atoms with Gasteiger partial charge in [-0.05, 0) is 7.05 Å². The predicted octanol–water partition coefficient (Wildman–Crippen LogP) is 0.742. The Morgan fingerprint density at radius 2 is 2.04 bits per heavy atom. The van der Waals surface area contributed by atoms with E-state index in [4.69, 9.17) is 9.47 Å². The van der Waals surface area contributed by atoms with Gasteiger partial charge in [-0.15, -0.1) is 11.3 Å². The van der Waals surface area contributed by atoms with Gasteiger partial charge in [-0.25, -0.2) is 4.98 Å². The fourth-order valence-corrected chi connectivity index (χ4v) is 4.77. The highest BCUT2D eigenvalue weighted by Gasteiger charge is 2.31. The molecular formula is C16H26N4O2S. The second kappa shape index (κ2) is 7.03. The van der Waals surface area contributed by atoms with Crippen molar-refractivity contribution in [1.29, 1.82) is 0 Å². The lowest BCUT2D eigenvalue weighted by Gasteiger charge is -2.29. The second-order valence-corrected chi connectivity index (χ2v) is 7.99. The maximum absolute atomic E-state index is 5.82. The summed E-state index contributed by atoms with van der Waals surface area (Å²) in [5.41, 5.74) is 0. The van der Waals surface area contributed by atoms with Crippen LogP contribution in [-0.2, 0) is 16.0 Å². The number of rotatable bonds is 3. The third kappa shape index (κ3) is 3.69. The normalized spacial score (nSPS) is 30.4. The largest absolute Gasteiger partial charge is 0.379 e. The smallest absolute Gasteiger partial charge is 0.185 e. The van der Waals surface area contributed by atoms with E-state index in [2.05, 4.69) is 32.9 Å². The third-order valence-corrected chi connectivity index (χ3v) is 6.06. The molecular weight excluding hydrogens is 312 g/mol. The molecule has 3 saturated heterocycles. The van der Waals surface area contributed by atoms with Gasteiger partial charge in [-0.2, -0.15) is 0 Å². The molecule has 3 aliphatic heterocycles. The number of nitrogens with zero attached hydrogens (tertiary/aromatic N) is 4. The van der Waals surface area contributed by atoms with E-state index in [1.54, 1.807) is 0 Å². The first-order valence-electron chi connectivity index (χ1n) is 8.55. The Hall–Kier alpha value is -0.730. The van der Waals surface area contributed by atoms with E-state index in [1.807, 2.05) is 11.3 Å². The molecule has 2 bridgehead atoms. The molecule has 2 atom stereocenters. The molecule has 4 rings (SSSR count). The molecule has 0 spiro atoms. The van der Waals surface area contributed by atoms with Gasteiger partial charge in [0.2, 0.25) is 0 Å². The average molecular weight is 338 g/mol. The number of fused-ring (bicyclic) bond motifs is 3. The van der Waals surface area contributed by atoms with Crippen LogP contribution in [0.1, 0.15) is 4.88 Å². The Morgan fingerprint density at radius 3 is 2.91 bits per heavy atom. The van der Waals surface area contributed by atoms with Crippen LogP contribution in [0.4, 0.5) is 5.13 Å². The monoisotopic (exact) mass is 338 g/mol. The summed E-state index contributed by atoms with van der Waals surface area (Å²) in [5.74, 6) is 0.624. The highest BCUT2D eigenvalue weighted by Crippen LogP contribution is 2.26. The van der Waals surface area contributed by atoms with Crippen molar-refractivity contribution >= 4 is 16.5 Å². The molecule has 0 aliphatic carbocycles. The van der Waals surface area contributed by atoms with Crippen molar-refractivity contribution < 1.29 is 9.47 Å². The quantitative estimate of drug-likeness (QED) is 0.810. The molecule has 0 unspecified atom stereocenters. The summed E-state index contributed by atoms with van der Waals surface area (Å²) in [6, 6.07) is 0.522. The molecule has 3 aliphatic rings. The van der Waals surface area contributed by atoms with Crippen LogP contribution in [0.25, 0.3) is 0 Å². The van der Waals surface area contributed by atoms with Crippen LogP contribution < -0.4 is 4.90 Å². The van der Waals surface area contributed by atoms with Crippen LogP contribution >= 0.6 is 11.3 Å². The van der Waals surface area contributed by atoms with E-state index < -0.39 is 0 Å². The molecule has 6 nitrogen and oxygen atoms in total. The van der Waals surface area contributed by atoms with Gasteiger partial charge in [0.05, 0.1) is 26.4 Å². The van der Waals surface area contributed by atoms with Crippen molar-refractivity contribution in [3.8, 4) is 0 Å². The number of hydrogen-bond donors (Lipinski definition) is 0. The average Bonchev–Trinajstić information content (AvgIpc) is 2.87. The molecule has 4 heterocycles. The SMILES string of the molecule is CN1C[C@H]2COC[C@@H]1CN(Cc1cnc(N3CCOCC3)s1)C2. The van der Waals surface area contributed by atoms with Gasteiger partial charge in [-0.1, -0.05) is 0 Å². The highest BCUT2D eigenvalue weighted by molar-refractivity contribution is 7.15. The van der Waals surface area contributed by atoms with E-state index >= 15 is 0 Å². The van der Waals surface area contributed by atoms with Crippen LogP contribution in [0.3, 0.4) is 0 Å². The fraction of sp³-hybridized carbons (Fsp3) is 0.812. The number of aromatic nitrogens is 1. The van der Waals surface area contributed by atoms with Crippen LogP contribution in [0, 0.1) is 5.92 Å². The number of ether oxygens (including phenoxy) is 2. The summed E-state index contributed by atoms with van der Waals surface area (Å²) in [7, 11) is 2.24. The topological polar surface area (TPSA) is 41.1 Å². The van der Waals surface area contributed by atoms with Gasteiger partial charge in [0.1, 0.15) is 0 Å². The van der Waals surface area contributed by atoms with Crippen molar-refractivity contribution in [2.24, 2.45) is 5.92 Å². The Labute approximate surface area is 142 Å². The van der Waals surface area contributed by atoms with Crippen molar-refractivity contribution in [1.82, 2.24) is 14.8 Å². The van der Waals surface area contributed by atoms with Gasteiger partial charge >= 0.3 is 0 Å². The summed E-state index contributed by atoms with van der Waals surface area (Å²) < 4.78 is 11.2. The maximum atomic E-state index is 5.82. The van der Waals surface area contributed by atoms with Gasteiger partial charge < -0.3 is 14.4 Å². The number of thiazole rings is 1. The standard InChI is InChI=1S/C16H26N4O2S/c1-18-7-13-8-19(9-14(18)12-22-11-13)10-15-6-17-16(23-15)20-2-4-21-5-3-20/h6,13-14H,2-5,7-12H2,1H3/t13-,14+/m1/s1. The molecule has 1 aromatic heterocycles. The van der Waals surface area contributed by atoms with E-state index in [1.165, 1.54) is 4.88 Å². The minimum absolute atomic E-state index is 0.522. The van der Waals surface area contributed by atoms with Gasteiger partial charge in [-0.3, -0.25) is 9.80 Å². The molecule has 7 heteroatoms. The minimum Gasteiger partial charge on any atom is -0.379 e. The van der Waals surface area contributed by atoms with E-state index in [-0.39, 0.29) is 0 Å². The van der Waals surface area contributed by atoms with Gasteiger partial charge in [0.25, 0.3) is 0 Å². The van der Waals surface area contributed by atoms with Crippen molar-refractivity contribution in [3.05, 3.63) is 11.1 Å². The lowest BCUT2D eigenvalue weighted by atomic mass is 10.1. The summed E-state index contributed by atoms with van der Waals surface area (Å²) in [5, 5.41) is 1.15. The molecule has 3 fully saturated rings. The number of likely N-dealkylation sites (N-methyl/N-ethyl adjacent to an activating group) is 1. The zero-order valence-electron chi connectivity index (χ0n) is 13.8. The first kappa shape index (κ1) is 15.8. The zero-order valence-corrected chi connectivity index (χ0v) is 14.6. The lowest BCUT2D eigenvalue weighted by molar-refractivity contribution is 0.0519. The Bertz CT molecular complexity index is 520. The molecule has 0 saturated carbocycles. The highest BCUT2D eigenvalue weighted by atomic mass is 32.1. The number of morpholine rings is 1. The number of anilines is 1. The summed E-state index contributed by atoms with van der Waals surface area (Å²) >= 11 is 1.84. The molecule has 1 aromatic rings. The molecule has 0 radical (unpaired) electrons. The van der Waals surface area contributed by atoms with Crippen LogP contribution in [0.15, 0.2) is 6.20 Å². The van der Waals surface area contributed by atoms with Crippen LogP contribution in [-0.4, -0.2) is 87.0 Å². The van der Waals surface area contributed by atoms with E-state index in [0.717, 1.165) is 70.8 Å². The van der Waals surface area contributed by atoms with Crippen molar-refractivity contribution in [2.45, 2.75) is 12.6 Å². The molecule has 23 heavy (non-hydrogen) atoms. The van der Waals surface area contributed by atoms with Crippen LogP contribution in [0.5, 0.6) is 0 Å². The van der Waals surface area contributed by atoms with Crippen LogP contribution in [0.2, 0.25) is 0 Å². The van der Waals surface area contributed by atoms with E-state index in [9.17, 15) is 0 Å². The van der Waals surface area contributed by atoms with E-state index in [0.29, 0.717) is 12.0 Å². The predicted molar refractivity (Wildman–Crippen MR) is 91.2 cm³/mol. The minimum atomic E-state index is 0.522. The summed E-state index contributed by atoms with van der Waals surface area (Å²) in [6.45, 7) is 9.72. The lowest BCUT2D eigenvalue weighted by Crippen LogP contribution is -2.41. The van der Waals surface area contributed by atoms with Crippen molar-refractivity contribution in [2.75, 3.05) is 71.1 Å².